The van der Waals surface area contributed by atoms with Gasteiger partial charge >= 0.3 is 0 Å². The van der Waals surface area contributed by atoms with Crippen LogP contribution in [0.3, 0.4) is 0 Å². The Labute approximate surface area is 108 Å². The summed E-state index contributed by atoms with van der Waals surface area (Å²) in [5, 5.41) is 12.8. The number of aliphatic hydroxyl groups excluding tert-OH is 1. The third-order valence-electron chi connectivity index (χ3n) is 4.00. The van der Waals surface area contributed by atoms with E-state index in [2.05, 4.69) is 12.2 Å². The Kier molecular flexibility index (Phi) is 4.59. The molecule has 0 saturated heterocycles. The van der Waals surface area contributed by atoms with Crippen molar-refractivity contribution >= 4 is 5.69 Å². The number of hydrogen-bond donors (Lipinski definition) is 2. The molecule has 0 aliphatic heterocycles. The van der Waals surface area contributed by atoms with Crippen LogP contribution >= 0.6 is 0 Å². The van der Waals surface area contributed by atoms with Crippen LogP contribution in [0.4, 0.5) is 10.1 Å². The molecule has 0 radical (unpaired) electrons. The van der Waals surface area contributed by atoms with Gasteiger partial charge in [-0.3, -0.25) is 0 Å². The minimum absolute atomic E-state index is 0.0410. The van der Waals surface area contributed by atoms with Gasteiger partial charge in [-0.25, -0.2) is 4.39 Å². The van der Waals surface area contributed by atoms with E-state index in [1.807, 2.05) is 6.07 Å². The molecule has 1 aliphatic rings. The topological polar surface area (TPSA) is 32.3 Å². The van der Waals surface area contributed by atoms with Crippen molar-refractivity contribution in [2.45, 2.75) is 38.6 Å². The van der Waals surface area contributed by atoms with Crippen LogP contribution in [-0.2, 0) is 0 Å². The van der Waals surface area contributed by atoms with Crippen molar-refractivity contribution in [2.24, 2.45) is 11.8 Å². The normalized spacial score (nSPS) is 25.7. The van der Waals surface area contributed by atoms with Crippen molar-refractivity contribution in [3.05, 3.63) is 30.1 Å². The Morgan fingerprint density at radius 3 is 2.67 bits per heavy atom. The summed E-state index contributed by atoms with van der Waals surface area (Å²) in [6.45, 7) is 2.39. The quantitative estimate of drug-likeness (QED) is 0.859. The predicted octanol–water partition coefficient (Wildman–Crippen LogP) is 3.42. The van der Waals surface area contributed by atoms with Crippen LogP contribution in [0, 0.1) is 17.7 Å². The number of hydrogen-bond acceptors (Lipinski definition) is 2. The third kappa shape index (κ3) is 3.45. The van der Waals surface area contributed by atoms with Gasteiger partial charge in [0.25, 0.3) is 0 Å². The molecule has 2 rings (SSSR count). The SMILES string of the molecule is CC1CCC(C(CO)Nc2cccc(F)c2)CC1. The fourth-order valence-electron chi connectivity index (χ4n) is 2.79. The van der Waals surface area contributed by atoms with E-state index in [1.165, 1.54) is 25.0 Å². The molecule has 3 heteroatoms. The number of rotatable bonds is 4. The molecule has 18 heavy (non-hydrogen) atoms. The second-order valence-electron chi connectivity index (χ2n) is 5.46. The molecular formula is C15H22FNO. The first kappa shape index (κ1) is 13.3. The first-order valence-corrected chi connectivity index (χ1v) is 6.82. The summed E-state index contributed by atoms with van der Waals surface area (Å²) >= 11 is 0. The van der Waals surface area contributed by atoms with Crippen LogP contribution in [-0.4, -0.2) is 17.8 Å². The third-order valence-corrected chi connectivity index (χ3v) is 4.00. The van der Waals surface area contributed by atoms with Crippen molar-refractivity contribution in [3.63, 3.8) is 0 Å². The number of aliphatic hydroxyl groups is 1. The number of nitrogens with one attached hydrogen (secondary N) is 1. The Balaban J connectivity index is 1.96. The first-order chi connectivity index (χ1) is 8.69. The lowest BCUT2D eigenvalue weighted by Crippen LogP contribution is -2.35. The van der Waals surface area contributed by atoms with Crippen molar-refractivity contribution in [1.82, 2.24) is 0 Å². The molecule has 2 N–H and O–H groups in total. The Bertz CT molecular complexity index is 375. The zero-order chi connectivity index (χ0) is 13.0. The van der Waals surface area contributed by atoms with Crippen molar-refractivity contribution in [1.29, 1.82) is 0 Å². The highest BCUT2D eigenvalue weighted by Crippen LogP contribution is 2.31. The maximum Gasteiger partial charge on any atom is 0.125 e. The molecule has 0 aromatic heterocycles. The van der Waals surface area contributed by atoms with E-state index in [4.69, 9.17) is 0 Å². The van der Waals surface area contributed by atoms with E-state index in [0.717, 1.165) is 24.4 Å². The molecule has 1 aliphatic carbocycles. The van der Waals surface area contributed by atoms with Gasteiger partial charge in [0, 0.05) is 5.69 Å². The van der Waals surface area contributed by atoms with E-state index in [9.17, 15) is 9.50 Å². The smallest absolute Gasteiger partial charge is 0.125 e. The summed E-state index contributed by atoms with van der Waals surface area (Å²) in [5.41, 5.74) is 0.757. The molecule has 1 aromatic rings. The highest BCUT2D eigenvalue weighted by atomic mass is 19.1. The molecule has 1 atom stereocenters. The van der Waals surface area contributed by atoms with Crippen molar-refractivity contribution in [3.8, 4) is 0 Å². The lowest BCUT2D eigenvalue weighted by molar-refractivity contribution is 0.192. The molecule has 0 heterocycles. The van der Waals surface area contributed by atoms with Gasteiger partial charge in [-0.2, -0.15) is 0 Å². The van der Waals surface area contributed by atoms with Crippen LogP contribution < -0.4 is 5.32 Å². The summed E-state index contributed by atoms with van der Waals surface area (Å²) < 4.78 is 13.1. The second-order valence-corrected chi connectivity index (χ2v) is 5.46. The van der Waals surface area contributed by atoms with Crippen LogP contribution in [0.1, 0.15) is 32.6 Å². The van der Waals surface area contributed by atoms with Crippen LogP contribution in [0.2, 0.25) is 0 Å². The molecular weight excluding hydrogens is 229 g/mol. The van der Waals surface area contributed by atoms with Gasteiger partial charge in [-0.05, 0) is 42.9 Å². The van der Waals surface area contributed by atoms with E-state index in [0.29, 0.717) is 5.92 Å². The monoisotopic (exact) mass is 251 g/mol. The average Bonchev–Trinajstić information content (AvgIpc) is 2.37. The highest BCUT2D eigenvalue weighted by Gasteiger charge is 2.25. The van der Waals surface area contributed by atoms with Gasteiger partial charge < -0.3 is 10.4 Å². The number of anilines is 1. The zero-order valence-corrected chi connectivity index (χ0v) is 10.9. The Morgan fingerprint density at radius 2 is 2.06 bits per heavy atom. The van der Waals surface area contributed by atoms with Crippen LogP contribution in [0.5, 0.6) is 0 Å². The van der Waals surface area contributed by atoms with Crippen LogP contribution in [0.25, 0.3) is 0 Å². The Hall–Kier alpha value is -1.09. The van der Waals surface area contributed by atoms with Crippen LogP contribution in [0.15, 0.2) is 24.3 Å². The van der Waals surface area contributed by atoms with Gasteiger partial charge in [-0.1, -0.05) is 25.8 Å². The van der Waals surface area contributed by atoms with Gasteiger partial charge in [0.15, 0.2) is 0 Å². The molecule has 0 bridgehead atoms. The van der Waals surface area contributed by atoms with Crippen molar-refractivity contribution in [2.75, 3.05) is 11.9 Å². The summed E-state index contributed by atoms with van der Waals surface area (Å²) in [6, 6.07) is 6.49. The molecule has 1 aromatic carbocycles. The minimum Gasteiger partial charge on any atom is -0.394 e. The van der Waals surface area contributed by atoms with Gasteiger partial charge in [0.05, 0.1) is 12.6 Å². The standard InChI is InChI=1S/C15H22FNO/c1-11-5-7-12(8-6-11)15(10-18)17-14-4-2-3-13(16)9-14/h2-4,9,11-12,15,17-18H,5-8,10H2,1H3. The predicted molar refractivity (Wildman–Crippen MR) is 72.0 cm³/mol. The maximum atomic E-state index is 13.1. The minimum atomic E-state index is -0.242. The molecule has 100 valence electrons. The number of halogens is 1. The van der Waals surface area contributed by atoms with Gasteiger partial charge in [-0.15, -0.1) is 0 Å². The summed E-state index contributed by atoms with van der Waals surface area (Å²) in [6.07, 6.45) is 4.75. The second kappa shape index (κ2) is 6.19. The Morgan fingerprint density at radius 1 is 1.33 bits per heavy atom. The lowest BCUT2D eigenvalue weighted by atomic mass is 9.79. The van der Waals surface area contributed by atoms with E-state index >= 15 is 0 Å². The molecule has 1 unspecified atom stereocenters. The van der Waals surface area contributed by atoms with E-state index in [-0.39, 0.29) is 18.5 Å². The molecule has 0 amide bonds. The summed E-state index contributed by atoms with van der Waals surface area (Å²) in [4.78, 5) is 0. The van der Waals surface area contributed by atoms with Gasteiger partial charge in [0.1, 0.15) is 5.82 Å². The van der Waals surface area contributed by atoms with E-state index in [1.54, 1.807) is 6.07 Å². The summed E-state index contributed by atoms with van der Waals surface area (Å²) in [5.74, 6) is 1.05. The molecule has 2 nitrogen and oxygen atoms in total. The van der Waals surface area contributed by atoms with Crippen molar-refractivity contribution < 1.29 is 9.50 Å². The fraction of sp³-hybridized carbons (Fsp3) is 0.600. The van der Waals surface area contributed by atoms with E-state index < -0.39 is 0 Å². The average molecular weight is 251 g/mol. The molecule has 1 saturated carbocycles. The lowest BCUT2D eigenvalue weighted by Gasteiger charge is -2.32. The molecule has 1 fully saturated rings. The zero-order valence-electron chi connectivity index (χ0n) is 10.9. The highest BCUT2D eigenvalue weighted by molar-refractivity contribution is 5.44. The number of benzene rings is 1. The maximum absolute atomic E-state index is 13.1. The van der Waals surface area contributed by atoms with Gasteiger partial charge in [0.2, 0.25) is 0 Å². The first-order valence-electron chi connectivity index (χ1n) is 6.82. The fourth-order valence-corrected chi connectivity index (χ4v) is 2.79. The molecule has 0 spiro atoms. The largest absolute Gasteiger partial charge is 0.394 e. The summed E-state index contributed by atoms with van der Waals surface area (Å²) in [7, 11) is 0.